The monoisotopic (exact) mass is 471 g/mol. The van der Waals surface area contributed by atoms with Crippen LogP contribution in [-0.4, -0.2) is 34.4 Å². The Morgan fingerprint density at radius 1 is 1.09 bits per heavy atom. The van der Waals surface area contributed by atoms with Crippen molar-refractivity contribution in [2.24, 2.45) is 5.92 Å². The number of aromatic hydroxyl groups is 1. The molecular formula is C29H33N3O3. The zero-order valence-electron chi connectivity index (χ0n) is 21.1. The number of aryl methyl sites for hydroxylation is 2. The third-order valence-corrected chi connectivity index (χ3v) is 6.32. The van der Waals surface area contributed by atoms with E-state index in [0.717, 1.165) is 51.1 Å². The van der Waals surface area contributed by atoms with Gasteiger partial charge in [-0.3, -0.25) is 4.79 Å². The highest BCUT2D eigenvalue weighted by molar-refractivity contribution is 6.01. The van der Waals surface area contributed by atoms with E-state index >= 15 is 0 Å². The average molecular weight is 472 g/mol. The van der Waals surface area contributed by atoms with E-state index in [-0.39, 0.29) is 18.1 Å². The minimum absolute atomic E-state index is 0.0698. The minimum atomic E-state index is -0.116. The number of rotatable bonds is 8. The predicted octanol–water partition coefficient (Wildman–Crippen LogP) is 5.73. The SMILES string of the molecule is COc1ccc(-c2nn(-c3ccccc3C)c3c(CC(=O)NCCC(C)C)c(O)cc(C)c23)cc1. The lowest BCUT2D eigenvalue weighted by molar-refractivity contribution is -0.120. The van der Waals surface area contributed by atoms with Crippen LogP contribution in [0.25, 0.3) is 27.8 Å². The van der Waals surface area contributed by atoms with E-state index < -0.39 is 0 Å². The van der Waals surface area contributed by atoms with Crippen molar-refractivity contribution in [1.82, 2.24) is 15.1 Å². The van der Waals surface area contributed by atoms with Gasteiger partial charge in [0.15, 0.2) is 0 Å². The molecule has 6 heteroatoms. The van der Waals surface area contributed by atoms with Gasteiger partial charge in [0.1, 0.15) is 17.2 Å². The molecule has 0 aliphatic heterocycles. The van der Waals surface area contributed by atoms with Crippen molar-refractivity contribution in [1.29, 1.82) is 0 Å². The van der Waals surface area contributed by atoms with Gasteiger partial charge in [-0.15, -0.1) is 0 Å². The number of phenols is 1. The molecule has 0 atom stereocenters. The number of amides is 1. The number of carbonyl (C=O) groups excluding carboxylic acids is 1. The highest BCUT2D eigenvalue weighted by atomic mass is 16.5. The fourth-order valence-electron chi connectivity index (χ4n) is 4.38. The Morgan fingerprint density at radius 3 is 2.46 bits per heavy atom. The second-order valence-electron chi connectivity index (χ2n) is 9.40. The number of methoxy groups -OCH3 is 1. The number of carbonyl (C=O) groups is 1. The quantitative estimate of drug-likeness (QED) is 0.344. The Hall–Kier alpha value is -3.80. The molecule has 4 rings (SSSR count). The first-order valence-corrected chi connectivity index (χ1v) is 12.0. The molecule has 1 aromatic heterocycles. The number of fused-ring (bicyclic) bond motifs is 1. The number of aromatic nitrogens is 2. The fourth-order valence-corrected chi connectivity index (χ4v) is 4.38. The number of para-hydroxylation sites is 1. The first kappa shape index (κ1) is 24.3. The van der Waals surface area contributed by atoms with Crippen LogP contribution in [-0.2, 0) is 11.2 Å². The molecule has 0 saturated carbocycles. The molecule has 2 N–H and O–H groups in total. The molecule has 1 amide bonds. The molecule has 0 bridgehead atoms. The van der Waals surface area contributed by atoms with E-state index in [4.69, 9.17) is 9.84 Å². The van der Waals surface area contributed by atoms with Crippen LogP contribution < -0.4 is 10.1 Å². The van der Waals surface area contributed by atoms with Crippen LogP contribution in [0.2, 0.25) is 0 Å². The van der Waals surface area contributed by atoms with Crippen LogP contribution >= 0.6 is 0 Å². The molecule has 4 aromatic rings. The molecule has 35 heavy (non-hydrogen) atoms. The number of hydrogen-bond donors (Lipinski definition) is 2. The molecule has 182 valence electrons. The Labute approximate surface area is 206 Å². The Kier molecular flexibility index (Phi) is 7.10. The maximum absolute atomic E-state index is 12.9. The zero-order chi connectivity index (χ0) is 25.1. The summed E-state index contributed by atoms with van der Waals surface area (Å²) in [5.41, 5.74) is 5.90. The van der Waals surface area contributed by atoms with Crippen molar-refractivity contribution in [2.75, 3.05) is 13.7 Å². The number of phenolic OH excluding ortho intramolecular Hbond substituents is 1. The summed E-state index contributed by atoms with van der Waals surface area (Å²) in [5, 5.41) is 20.0. The van der Waals surface area contributed by atoms with Crippen molar-refractivity contribution in [2.45, 2.75) is 40.5 Å². The minimum Gasteiger partial charge on any atom is -0.508 e. The summed E-state index contributed by atoms with van der Waals surface area (Å²) in [6.45, 7) is 8.86. The topological polar surface area (TPSA) is 76.4 Å². The van der Waals surface area contributed by atoms with Gasteiger partial charge in [0, 0.05) is 23.1 Å². The predicted molar refractivity (Wildman–Crippen MR) is 140 cm³/mol. The van der Waals surface area contributed by atoms with Gasteiger partial charge < -0.3 is 15.2 Å². The number of benzene rings is 3. The third kappa shape index (κ3) is 5.02. The molecule has 0 fully saturated rings. The van der Waals surface area contributed by atoms with E-state index in [1.807, 2.05) is 67.1 Å². The number of nitrogens with one attached hydrogen (secondary N) is 1. The normalized spacial score (nSPS) is 11.3. The summed E-state index contributed by atoms with van der Waals surface area (Å²) < 4.78 is 7.20. The summed E-state index contributed by atoms with van der Waals surface area (Å²) in [5.74, 6) is 1.26. The standard InChI is InChI=1S/C29H33N3O3/c1-18(2)14-15-30-26(34)17-23-25(33)16-20(4)27-28(21-10-12-22(35-5)13-11-21)31-32(29(23)27)24-9-7-6-8-19(24)3/h6-13,16,18,33H,14-15,17H2,1-5H3,(H,30,34). The molecule has 0 unspecified atom stereocenters. The van der Waals surface area contributed by atoms with Crippen LogP contribution in [0.1, 0.15) is 37.0 Å². The molecule has 0 spiro atoms. The van der Waals surface area contributed by atoms with E-state index in [1.54, 1.807) is 13.2 Å². The Morgan fingerprint density at radius 2 is 1.80 bits per heavy atom. The number of nitrogens with zero attached hydrogens (tertiary/aromatic N) is 2. The van der Waals surface area contributed by atoms with Gasteiger partial charge in [0.05, 0.1) is 24.7 Å². The van der Waals surface area contributed by atoms with Gasteiger partial charge in [-0.2, -0.15) is 5.10 Å². The molecule has 0 aliphatic carbocycles. The second kappa shape index (κ2) is 10.2. The summed E-state index contributed by atoms with van der Waals surface area (Å²) in [6, 6.07) is 17.5. The zero-order valence-corrected chi connectivity index (χ0v) is 21.1. The lowest BCUT2D eigenvalue weighted by atomic mass is 9.98. The van der Waals surface area contributed by atoms with E-state index in [2.05, 4.69) is 19.2 Å². The highest BCUT2D eigenvalue weighted by Gasteiger charge is 2.23. The molecule has 0 aliphatic rings. The molecule has 1 heterocycles. The van der Waals surface area contributed by atoms with Crippen molar-refractivity contribution >= 4 is 16.8 Å². The van der Waals surface area contributed by atoms with Crippen LogP contribution in [0.15, 0.2) is 54.6 Å². The van der Waals surface area contributed by atoms with Crippen molar-refractivity contribution in [3.8, 4) is 28.4 Å². The van der Waals surface area contributed by atoms with Gasteiger partial charge in [0.25, 0.3) is 0 Å². The average Bonchev–Trinajstić information content (AvgIpc) is 3.22. The van der Waals surface area contributed by atoms with Crippen molar-refractivity contribution in [3.05, 3.63) is 71.3 Å². The second-order valence-corrected chi connectivity index (χ2v) is 9.40. The maximum atomic E-state index is 12.9. The number of hydrogen-bond acceptors (Lipinski definition) is 4. The summed E-state index contributed by atoms with van der Waals surface area (Å²) in [6.07, 6.45) is 0.976. The summed E-state index contributed by atoms with van der Waals surface area (Å²) in [7, 11) is 1.64. The summed E-state index contributed by atoms with van der Waals surface area (Å²) >= 11 is 0. The van der Waals surface area contributed by atoms with E-state index in [1.165, 1.54) is 0 Å². The van der Waals surface area contributed by atoms with Crippen LogP contribution in [0.3, 0.4) is 0 Å². The van der Waals surface area contributed by atoms with Gasteiger partial charge in [-0.25, -0.2) is 4.68 Å². The lowest BCUT2D eigenvalue weighted by Crippen LogP contribution is -2.27. The van der Waals surface area contributed by atoms with Gasteiger partial charge in [0.2, 0.25) is 5.91 Å². The fraction of sp³-hybridized carbons (Fsp3) is 0.310. The number of ether oxygens (including phenoxy) is 1. The first-order chi connectivity index (χ1) is 16.8. The van der Waals surface area contributed by atoms with E-state index in [0.29, 0.717) is 18.0 Å². The third-order valence-electron chi connectivity index (χ3n) is 6.32. The highest BCUT2D eigenvalue weighted by Crippen LogP contribution is 2.39. The molecular weight excluding hydrogens is 438 g/mol. The lowest BCUT2D eigenvalue weighted by Gasteiger charge is -2.14. The molecule has 6 nitrogen and oxygen atoms in total. The smallest absolute Gasteiger partial charge is 0.224 e. The van der Waals surface area contributed by atoms with Crippen molar-refractivity contribution in [3.63, 3.8) is 0 Å². The molecule has 3 aromatic carbocycles. The van der Waals surface area contributed by atoms with Crippen molar-refractivity contribution < 1.29 is 14.6 Å². The summed E-state index contributed by atoms with van der Waals surface area (Å²) in [4.78, 5) is 12.9. The van der Waals surface area contributed by atoms with Gasteiger partial charge >= 0.3 is 0 Å². The van der Waals surface area contributed by atoms with Gasteiger partial charge in [-0.1, -0.05) is 32.0 Å². The van der Waals surface area contributed by atoms with Gasteiger partial charge in [-0.05, 0) is 73.7 Å². The van der Waals surface area contributed by atoms with Crippen LogP contribution in [0, 0.1) is 19.8 Å². The maximum Gasteiger partial charge on any atom is 0.224 e. The van der Waals surface area contributed by atoms with Crippen LogP contribution in [0.4, 0.5) is 0 Å². The first-order valence-electron chi connectivity index (χ1n) is 12.0. The molecule has 0 radical (unpaired) electrons. The van der Waals surface area contributed by atoms with Crippen LogP contribution in [0.5, 0.6) is 11.5 Å². The van der Waals surface area contributed by atoms with E-state index in [9.17, 15) is 9.90 Å². The Balaban J connectivity index is 1.92. The Bertz CT molecular complexity index is 1350. The molecule has 0 saturated heterocycles. The largest absolute Gasteiger partial charge is 0.508 e.